The van der Waals surface area contributed by atoms with Crippen LogP contribution in [0.15, 0.2) is 17.3 Å². The maximum Gasteiger partial charge on any atom is 0.278 e. The fourth-order valence-electron chi connectivity index (χ4n) is 0.283. The molecule has 1 aliphatic rings. The molecule has 35 valence electrons. The van der Waals surface area contributed by atoms with Gasteiger partial charge in [-0.3, -0.25) is 0 Å². The predicted molar refractivity (Wildman–Crippen MR) is 30.6 cm³/mol. The van der Waals surface area contributed by atoms with Gasteiger partial charge in [0.15, 0.2) is 0 Å². The van der Waals surface area contributed by atoms with Gasteiger partial charge in [0.2, 0.25) is 10.3 Å². The molecule has 0 atom stereocenters. The van der Waals surface area contributed by atoms with Gasteiger partial charge >= 0.3 is 0 Å². The lowest BCUT2D eigenvalue weighted by molar-refractivity contribution is 1.11. The first-order chi connectivity index (χ1) is 3.39. The zero-order valence-corrected chi connectivity index (χ0v) is 4.26. The van der Waals surface area contributed by atoms with E-state index in [2.05, 4.69) is 10.2 Å². The predicted octanol–water partition coefficient (Wildman–Crippen LogP) is 0.515. The van der Waals surface area contributed by atoms with Crippen molar-refractivity contribution in [1.82, 2.24) is 5.10 Å². The SMILES string of the molecule is ClC1=N[N+]=CC=C1. The van der Waals surface area contributed by atoms with Crippen LogP contribution in [-0.2, 0) is 0 Å². The molecule has 1 heterocycles. The maximum absolute atomic E-state index is 5.37. The first-order valence-corrected chi connectivity index (χ1v) is 2.20. The molecular weight excluding hydrogens is 112 g/mol. The molecule has 1 rings (SSSR count). The summed E-state index contributed by atoms with van der Waals surface area (Å²) < 4.78 is 0. The van der Waals surface area contributed by atoms with Crippen LogP contribution >= 0.6 is 11.6 Å². The minimum absolute atomic E-state index is 0.433. The summed E-state index contributed by atoms with van der Waals surface area (Å²) in [7, 11) is 0. The number of halogens is 1. The van der Waals surface area contributed by atoms with Gasteiger partial charge in [0.05, 0.1) is 5.10 Å². The van der Waals surface area contributed by atoms with Crippen molar-refractivity contribution in [2.75, 3.05) is 0 Å². The Morgan fingerprint density at radius 2 is 2.57 bits per heavy atom. The molecule has 1 aliphatic heterocycles. The summed E-state index contributed by atoms with van der Waals surface area (Å²) in [6, 6.07) is 0. The van der Waals surface area contributed by atoms with Gasteiger partial charge in [-0.05, 0) is 6.08 Å². The molecule has 0 aromatic rings. The third-order valence-corrected chi connectivity index (χ3v) is 0.741. The van der Waals surface area contributed by atoms with E-state index in [1.54, 1.807) is 18.4 Å². The molecule has 0 saturated carbocycles. The molecule has 0 unspecified atom stereocenters. The van der Waals surface area contributed by atoms with Gasteiger partial charge in [-0.25, -0.2) is 0 Å². The normalized spacial score (nSPS) is 17.0. The van der Waals surface area contributed by atoms with E-state index >= 15 is 0 Å². The van der Waals surface area contributed by atoms with E-state index in [9.17, 15) is 0 Å². The standard InChI is InChI=1S/C4H3ClN2/c5-4-2-1-3-6-7-4/h1-3H/q+1. The Bertz CT molecular complexity index is 146. The minimum atomic E-state index is 0.433. The summed E-state index contributed by atoms with van der Waals surface area (Å²) >= 11 is 5.37. The van der Waals surface area contributed by atoms with Crippen LogP contribution in [0.25, 0.3) is 0 Å². The molecule has 0 aromatic heterocycles. The third-order valence-electron chi connectivity index (χ3n) is 0.540. The molecular formula is C4H3ClN2+. The maximum atomic E-state index is 5.37. The van der Waals surface area contributed by atoms with Crippen molar-refractivity contribution in [2.24, 2.45) is 5.10 Å². The van der Waals surface area contributed by atoms with Crippen LogP contribution in [-0.4, -0.2) is 11.4 Å². The van der Waals surface area contributed by atoms with Crippen LogP contribution in [0, 0.1) is 0 Å². The number of allylic oxidation sites excluding steroid dienone is 2. The summed E-state index contributed by atoms with van der Waals surface area (Å²) in [6.07, 6.45) is 4.98. The van der Waals surface area contributed by atoms with Crippen LogP contribution in [0.4, 0.5) is 0 Å². The van der Waals surface area contributed by atoms with E-state index in [-0.39, 0.29) is 0 Å². The van der Waals surface area contributed by atoms with E-state index in [0.29, 0.717) is 5.17 Å². The van der Waals surface area contributed by atoms with Gasteiger partial charge in [-0.2, -0.15) is 0 Å². The third kappa shape index (κ3) is 1.12. The molecule has 0 amide bonds. The van der Waals surface area contributed by atoms with Crippen LogP contribution in [0.3, 0.4) is 0 Å². The summed E-state index contributed by atoms with van der Waals surface area (Å²) in [5, 5.41) is 7.43. The molecule has 0 aromatic carbocycles. The number of hydrogen-bond acceptors (Lipinski definition) is 2. The molecule has 0 aliphatic carbocycles. The second kappa shape index (κ2) is 1.89. The second-order valence-corrected chi connectivity index (χ2v) is 1.43. The summed E-state index contributed by atoms with van der Waals surface area (Å²) in [6.45, 7) is 0. The Kier molecular flexibility index (Phi) is 1.22. The van der Waals surface area contributed by atoms with E-state index in [0.717, 1.165) is 0 Å². The number of rotatable bonds is 0. The van der Waals surface area contributed by atoms with Crippen LogP contribution in [0.2, 0.25) is 0 Å². The monoisotopic (exact) mass is 114 g/mol. The highest BCUT2D eigenvalue weighted by molar-refractivity contribution is 6.68. The number of nitrogens with zero attached hydrogens (tertiary/aromatic N) is 2. The van der Waals surface area contributed by atoms with Gasteiger partial charge < -0.3 is 0 Å². The summed E-state index contributed by atoms with van der Waals surface area (Å²) in [4.78, 5) is 0. The molecule has 0 fully saturated rings. The van der Waals surface area contributed by atoms with Crippen LogP contribution < -0.4 is 5.10 Å². The summed E-state index contributed by atoms with van der Waals surface area (Å²) in [5.41, 5.74) is 0. The van der Waals surface area contributed by atoms with Crippen molar-refractivity contribution in [3.8, 4) is 0 Å². The van der Waals surface area contributed by atoms with E-state index in [1.807, 2.05) is 0 Å². The molecule has 1 radical (unpaired) electrons. The van der Waals surface area contributed by atoms with Crippen molar-refractivity contribution in [3.63, 3.8) is 0 Å². The average Bonchev–Trinajstić information content (AvgIpc) is 1.69. The fraction of sp³-hybridized carbons (Fsp3) is 0. The molecule has 0 spiro atoms. The van der Waals surface area contributed by atoms with Crippen molar-refractivity contribution in [3.05, 3.63) is 12.2 Å². The smallest absolute Gasteiger partial charge is 0.0556 e. The Morgan fingerprint density at radius 3 is 2.86 bits per heavy atom. The average molecular weight is 115 g/mol. The van der Waals surface area contributed by atoms with Crippen molar-refractivity contribution in [1.29, 1.82) is 0 Å². The molecule has 0 bridgehead atoms. The van der Waals surface area contributed by atoms with E-state index in [4.69, 9.17) is 11.6 Å². The Labute approximate surface area is 46.2 Å². The second-order valence-electron chi connectivity index (χ2n) is 1.05. The first-order valence-electron chi connectivity index (χ1n) is 1.83. The van der Waals surface area contributed by atoms with Crippen molar-refractivity contribution in [2.45, 2.75) is 0 Å². The largest absolute Gasteiger partial charge is 0.278 e. The lowest BCUT2D eigenvalue weighted by Gasteiger charge is -1.73. The quantitative estimate of drug-likeness (QED) is 0.439. The van der Waals surface area contributed by atoms with Crippen LogP contribution in [0.1, 0.15) is 0 Å². The molecule has 2 nitrogen and oxygen atoms in total. The summed E-state index contributed by atoms with van der Waals surface area (Å²) in [5.74, 6) is 0. The number of hydrogen-bond donors (Lipinski definition) is 0. The highest BCUT2D eigenvalue weighted by Crippen LogP contribution is 1.87. The molecule has 3 heteroatoms. The minimum Gasteiger partial charge on any atom is -0.0556 e. The molecule has 7 heavy (non-hydrogen) atoms. The zero-order chi connectivity index (χ0) is 5.11. The fourth-order valence-corrected chi connectivity index (χ4v) is 0.399. The van der Waals surface area contributed by atoms with Crippen molar-refractivity contribution >= 4 is 23.0 Å². The Balaban J connectivity index is 2.82. The van der Waals surface area contributed by atoms with Gasteiger partial charge in [0, 0.05) is 6.08 Å². The van der Waals surface area contributed by atoms with Crippen molar-refractivity contribution < 1.29 is 0 Å². The van der Waals surface area contributed by atoms with Gasteiger partial charge in [0.25, 0.3) is 6.21 Å². The van der Waals surface area contributed by atoms with Crippen LogP contribution in [0.5, 0.6) is 0 Å². The van der Waals surface area contributed by atoms with Gasteiger partial charge in [-0.15, -0.1) is 0 Å². The zero-order valence-electron chi connectivity index (χ0n) is 3.50. The lowest BCUT2D eigenvalue weighted by Crippen LogP contribution is -1.91. The lowest BCUT2D eigenvalue weighted by atomic mass is 10.5. The molecule has 0 saturated heterocycles. The highest BCUT2D eigenvalue weighted by atomic mass is 35.5. The van der Waals surface area contributed by atoms with Gasteiger partial charge in [0.1, 0.15) is 0 Å². The highest BCUT2D eigenvalue weighted by Gasteiger charge is 1.96. The Hall–Kier alpha value is -0.630. The van der Waals surface area contributed by atoms with Gasteiger partial charge in [-0.1, -0.05) is 11.6 Å². The van der Waals surface area contributed by atoms with E-state index < -0.39 is 0 Å². The first kappa shape index (κ1) is 4.53. The topological polar surface area (TPSA) is 26.5 Å². The van der Waals surface area contributed by atoms with E-state index in [1.165, 1.54) is 0 Å². The molecule has 0 N–H and O–H groups in total. The Morgan fingerprint density at radius 1 is 1.71 bits per heavy atom.